The third-order valence-electron chi connectivity index (χ3n) is 5.62. The van der Waals surface area contributed by atoms with Gasteiger partial charge in [0.25, 0.3) is 5.91 Å². The minimum Gasteiger partial charge on any atom is -0.375 e. The Labute approximate surface area is 165 Å². The van der Waals surface area contributed by atoms with Crippen molar-refractivity contribution in [3.63, 3.8) is 0 Å². The second-order valence-electron chi connectivity index (χ2n) is 7.99. The monoisotopic (exact) mass is 381 g/mol. The SMILES string of the molecule is CC(C)[C@@H]1CN2C[C@@H](NC(=O)c3cnc(N)nc3-c3ccccc3)C[C@H]2CO1. The highest BCUT2D eigenvalue weighted by atomic mass is 16.5. The van der Waals surface area contributed by atoms with Gasteiger partial charge in [-0.1, -0.05) is 44.2 Å². The third kappa shape index (κ3) is 3.86. The van der Waals surface area contributed by atoms with Gasteiger partial charge in [-0.25, -0.2) is 9.97 Å². The Morgan fingerprint density at radius 2 is 2.07 bits per heavy atom. The number of amides is 1. The summed E-state index contributed by atoms with van der Waals surface area (Å²) in [6.07, 6.45) is 2.67. The molecule has 0 aliphatic carbocycles. The highest BCUT2D eigenvalue weighted by Gasteiger charge is 2.38. The topological polar surface area (TPSA) is 93.4 Å². The molecule has 2 saturated heterocycles. The Morgan fingerprint density at radius 1 is 1.29 bits per heavy atom. The number of morpholine rings is 1. The van der Waals surface area contributed by atoms with Gasteiger partial charge in [0.2, 0.25) is 5.95 Å². The summed E-state index contributed by atoms with van der Waals surface area (Å²) in [5.41, 5.74) is 7.62. The molecule has 2 aliphatic heterocycles. The largest absolute Gasteiger partial charge is 0.375 e. The minimum absolute atomic E-state index is 0.0909. The van der Waals surface area contributed by atoms with E-state index in [0.29, 0.717) is 23.2 Å². The number of aromatic nitrogens is 2. The van der Waals surface area contributed by atoms with Crippen molar-refractivity contribution < 1.29 is 9.53 Å². The normalized spacial score (nSPS) is 24.9. The predicted molar refractivity (Wildman–Crippen MR) is 108 cm³/mol. The number of carbonyl (C=O) groups is 1. The smallest absolute Gasteiger partial charge is 0.255 e. The third-order valence-corrected chi connectivity index (χ3v) is 5.62. The molecule has 2 fully saturated rings. The molecule has 2 aliphatic rings. The van der Waals surface area contributed by atoms with E-state index in [2.05, 4.69) is 34.0 Å². The lowest BCUT2D eigenvalue weighted by atomic mass is 10.0. The van der Waals surface area contributed by atoms with E-state index in [1.807, 2.05) is 30.3 Å². The van der Waals surface area contributed by atoms with E-state index >= 15 is 0 Å². The standard InChI is InChI=1S/C21H27N5O2/c1-13(2)18-11-26-10-15(8-16(26)12-28-18)24-20(27)17-9-23-21(22)25-19(17)14-6-4-3-5-7-14/h3-7,9,13,15-16,18H,8,10-12H2,1-2H3,(H,24,27)(H2,22,23,25)/t15-,16-,18-/m0/s1. The number of nitrogen functional groups attached to an aromatic ring is 1. The Kier molecular flexibility index (Phi) is 5.28. The first-order valence-corrected chi connectivity index (χ1v) is 9.85. The number of hydrogen-bond acceptors (Lipinski definition) is 6. The fourth-order valence-electron chi connectivity index (χ4n) is 4.05. The van der Waals surface area contributed by atoms with Crippen LogP contribution in [0.2, 0.25) is 0 Å². The summed E-state index contributed by atoms with van der Waals surface area (Å²) in [5.74, 6) is 0.491. The van der Waals surface area contributed by atoms with Crippen LogP contribution >= 0.6 is 0 Å². The molecule has 28 heavy (non-hydrogen) atoms. The highest BCUT2D eigenvalue weighted by molar-refractivity contribution is 6.00. The van der Waals surface area contributed by atoms with Crippen molar-refractivity contribution in [2.45, 2.75) is 38.5 Å². The number of nitrogens with zero attached hydrogens (tertiary/aromatic N) is 3. The van der Waals surface area contributed by atoms with Crippen molar-refractivity contribution in [2.75, 3.05) is 25.4 Å². The molecule has 148 valence electrons. The summed E-state index contributed by atoms with van der Waals surface area (Å²) in [6.45, 7) is 6.88. The summed E-state index contributed by atoms with van der Waals surface area (Å²) in [6, 6.07) is 10.0. The van der Waals surface area contributed by atoms with E-state index in [4.69, 9.17) is 10.5 Å². The van der Waals surface area contributed by atoms with Crippen LogP contribution in [0, 0.1) is 5.92 Å². The van der Waals surface area contributed by atoms with Crippen molar-refractivity contribution in [1.82, 2.24) is 20.2 Å². The molecule has 4 rings (SSSR count). The number of ether oxygens (including phenoxy) is 1. The number of carbonyl (C=O) groups excluding carboxylic acids is 1. The predicted octanol–water partition coefficient (Wildman–Crippen LogP) is 1.95. The number of hydrogen-bond donors (Lipinski definition) is 2. The van der Waals surface area contributed by atoms with Crippen molar-refractivity contribution in [3.8, 4) is 11.3 Å². The van der Waals surface area contributed by atoms with Crippen LogP contribution in [0.1, 0.15) is 30.6 Å². The van der Waals surface area contributed by atoms with Crippen LogP contribution in [0.3, 0.4) is 0 Å². The van der Waals surface area contributed by atoms with Gasteiger partial charge in [0.1, 0.15) is 0 Å². The lowest BCUT2D eigenvalue weighted by Gasteiger charge is -2.36. The maximum atomic E-state index is 13.0. The van der Waals surface area contributed by atoms with Crippen LogP contribution in [0.25, 0.3) is 11.3 Å². The molecule has 0 saturated carbocycles. The van der Waals surface area contributed by atoms with Gasteiger partial charge in [-0.05, 0) is 12.3 Å². The van der Waals surface area contributed by atoms with Crippen molar-refractivity contribution in [2.24, 2.45) is 5.92 Å². The van der Waals surface area contributed by atoms with Crippen LogP contribution in [-0.4, -0.2) is 58.7 Å². The maximum absolute atomic E-state index is 13.0. The van der Waals surface area contributed by atoms with Gasteiger partial charge in [0, 0.05) is 36.9 Å². The fourth-order valence-corrected chi connectivity index (χ4v) is 4.05. The molecule has 1 aromatic carbocycles. The Hall–Kier alpha value is -2.51. The Balaban J connectivity index is 1.48. The van der Waals surface area contributed by atoms with E-state index in [0.717, 1.165) is 31.7 Å². The number of benzene rings is 1. The van der Waals surface area contributed by atoms with Gasteiger partial charge in [-0.15, -0.1) is 0 Å². The van der Waals surface area contributed by atoms with Crippen LogP contribution in [0.5, 0.6) is 0 Å². The zero-order chi connectivity index (χ0) is 19.7. The Morgan fingerprint density at radius 3 is 2.82 bits per heavy atom. The molecule has 0 spiro atoms. The first-order chi connectivity index (χ1) is 13.5. The van der Waals surface area contributed by atoms with E-state index < -0.39 is 0 Å². The van der Waals surface area contributed by atoms with Gasteiger partial charge in [-0.3, -0.25) is 9.69 Å². The summed E-state index contributed by atoms with van der Waals surface area (Å²) < 4.78 is 5.99. The van der Waals surface area contributed by atoms with Crippen molar-refractivity contribution in [3.05, 3.63) is 42.1 Å². The molecular formula is C21H27N5O2. The second-order valence-corrected chi connectivity index (χ2v) is 7.99. The van der Waals surface area contributed by atoms with E-state index in [1.54, 1.807) is 0 Å². The average Bonchev–Trinajstić information content (AvgIpc) is 3.09. The molecule has 0 bridgehead atoms. The number of nitrogens with two attached hydrogens (primary N) is 1. The van der Waals surface area contributed by atoms with Crippen LogP contribution in [0.4, 0.5) is 5.95 Å². The summed E-state index contributed by atoms with van der Waals surface area (Å²) >= 11 is 0. The van der Waals surface area contributed by atoms with Crippen LogP contribution < -0.4 is 11.1 Å². The lowest BCUT2D eigenvalue weighted by molar-refractivity contribution is -0.0683. The maximum Gasteiger partial charge on any atom is 0.255 e. The number of anilines is 1. The fraction of sp³-hybridized carbons (Fsp3) is 0.476. The van der Waals surface area contributed by atoms with E-state index in [1.165, 1.54) is 6.20 Å². The van der Waals surface area contributed by atoms with Gasteiger partial charge in [0.15, 0.2) is 0 Å². The zero-order valence-corrected chi connectivity index (χ0v) is 16.3. The molecule has 0 radical (unpaired) electrons. The molecule has 2 aromatic rings. The number of nitrogens with one attached hydrogen (secondary N) is 1. The minimum atomic E-state index is -0.162. The number of fused-ring (bicyclic) bond motifs is 1. The molecule has 3 N–H and O–H groups in total. The van der Waals surface area contributed by atoms with Gasteiger partial charge >= 0.3 is 0 Å². The van der Waals surface area contributed by atoms with Crippen molar-refractivity contribution >= 4 is 11.9 Å². The van der Waals surface area contributed by atoms with Crippen LogP contribution in [0.15, 0.2) is 36.5 Å². The van der Waals surface area contributed by atoms with Gasteiger partial charge < -0.3 is 15.8 Å². The molecule has 3 atom stereocenters. The summed E-state index contributed by atoms with van der Waals surface area (Å²) in [4.78, 5) is 23.8. The van der Waals surface area contributed by atoms with E-state index in [-0.39, 0.29) is 24.0 Å². The molecule has 0 unspecified atom stereocenters. The molecule has 1 aromatic heterocycles. The van der Waals surface area contributed by atoms with Crippen molar-refractivity contribution in [1.29, 1.82) is 0 Å². The molecular weight excluding hydrogens is 354 g/mol. The lowest BCUT2D eigenvalue weighted by Crippen LogP contribution is -2.48. The highest BCUT2D eigenvalue weighted by Crippen LogP contribution is 2.27. The summed E-state index contributed by atoms with van der Waals surface area (Å²) in [5, 5.41) is 3.17. The van der Waals surface area contributed by atoms with E-state index in [9.17, 15) is 4.79 Å². The molecule has 1 amide bonds. The van der Waals surface area contributed by atoms with Gasteiger partial charge in [-0.2, -0.15) is 0 Å². The molecule has 7 nitrogen and oxygen atoms in total. The van der Waals surface area contributed by atoms with Gasteiger partial charge in [0.05, 0.1) is 24.0 Å². The zero-order valence-electron chi connectivity index (χ0n) is 16.3. The second kappa shape index (κ2) is 7.85. The first-order valence-electron chi connectivity index (χ1n) is 9.85. The first kappa shape index (κ1) is 18.8. The quantitative estimate of drug-likeness (QED) is 0.841. The average molecular weight is 381 g/mol. The molecule has 3 heterocycles. The number of rotatable bonds is 4. The Bertz CT molecular complexity index is 842. The van der Waals surface area contributed by atoms with Crippen LogP contribution in [-0.2, 0) is 4.74 Å². The summed E-state index contributed by atoms with van der Waals surface area (Å²) in [7, 11) is 0. The molecule has 7 heteroatoms.